The van der Waals surface area contributed by atoms with Gasteiger partial charge in [0.1, 0.15) is 5.69 Å². The van der Waals surface area contributed by atoms with Gasteiger partial charge in [-0.3, -0.25) is 19.0 Å². The van der Waals surface area contributed by atoms with Crippen molar-refractivity contribution in [1.29, 1.82) is 0 Å². The van der Waals surface area contributed by atoms with Gasteiger partial charge in [0.25, 0.3) is 11.8 Å². The number of rotatable bonds is 5. The lowest BCUT2D eigenvalue weighted by Gasteiger charge is -2.11. The van der Waals surface area contributed by atoms with Gasteiger partial charge in [0.15, 0.2) is 0 Å². The quantitative estimate of drug-likeness (QED) is 0.661. The highest BCUT2D eigenvalue weighted by atomic mass is 19.4. The molecule has 2 amide bonds. The van der Waals surface area contributed by atoms with Crippen LogP contribution in [0.15, 0.2) is 36.7 Å². The number of nitrogens with one attached hydrogen (secondary N) is 2. The average Bonchev–Trinajstić information content (AvgIpc) is 3.25. The van der Waals surface area contributed by atoms with Gasteiger partial charge in [-0.05, 0) is 32.0 Å². The van der Waals surface area contributed by atoms with Gasteiger partial charge in [-0.1, -0.05) is 6.07 Å². The van der Waals surface area contributed by atoms with Crippen molar-refractivity contribution >= 4 is 23.2 Å². The molecule has 8 nitrogen and oxygen atoms in total. The summed E-state index contributed by atoms with van der Waals surface area (Å²) in [5, 5.41) is 13.3. The minimum absolute atomic E-state index is 0.0704. The van der Waals surface area contributed by atoms with E-state index in [2.05, 4.69) is 20.8 Å². The molecule has 11 heteroatoms. The number of amides is 2. The number of hydrogen-bond donors (Lipinski definition) is 2. The van der Waals surface area contributed by atoms with Crippen LogP contribution in [0.1, 0.15) is 39.0 Å². The molecule has 3 aromatic rings. The Bertz CT molecular complexity index is 1100. The Morgan fingerprint density at radius 1 is 1.07 bits per heavy atom. The molecule has 0 bridgehead atoms. The van der Waals surface area contributed by atoms with Gasteiger partial charge in [-0.2, -0.15) is 23.4 Å². The Kier molecular flexibility index (Phi) is 5.63. The fourth-order valence-corrected chi connectivity index (χ4v) is 2.79. The summed E-state index contributed by atoms with van der Waals surface area (Å²) in [6.07, 6.45) is -1.81. The molecule has 30 heavy (non-hydrogen) atoms. The van der Waals surface area contributed by atoms with Gasteiger partial charge >= 0.3 is 6.18 Å². The lowest BCUT2D eigenvalue weighted by molar-refractivity contribution is -0.137. The number of alkyl halides is 3. The van der Waals surface area contributed by atoms with Crippen molar-refractivity contribution in [2.75, 3.05) is 10.6 Å². The largest absolute Gasteiger partial charge is 0.416 e. The van der Waals surface area contributed by atoms with Crippen molar-refractivity contribution in [3.63, 3.8) is 0 Å². The zero-order valence-corrected chi connectivity index (χ0v) is 16.4. The van der Waals surface area contributed by atoms with Crippen LogP contribution in [-0.2, 0) is 19.8 Å². The molecule has 0 fully saturated rings. The van der Waals surface area contributed by atoms with Crippen LogP contribution in [0.5, 0.6) is 0 Å². The molecule has 2 N–H and O–H groups in total. The van der Waals surface area contributed by atoms with E-state index in [9.17, 15) is 22.8 Å². The Hall–Kier alpha value is -3.63. The summed E-state index contributed by atoms with van der Waals surface area (Å²) in [5.74, 6) is -1.33. The van der Waals surface area contributed by atoms with Gasteiger partial charge in [0.05, 0.1) is 35.0 Å². The van der Waals surface area contributed by atoms with Gasteiger partial charge in [-0.15, -0.1) is 0 Å². The normalized spacial score (nSPS) is 11.4. The number of carbonyl (C=O) groups excluding carboxylic acids is 2. The second-order valence-electron chi connectivity index (χ2n) is 6.48. The number of benzene rings is 1. The van der Waals surface area contributed by atoms with Crippen molar-refractivity contribution in [1.82, 2.24) is 19.6 Å². The predicted octanol–water partition coefficient (Wildman–Crippen LogP) is 3.47. The van der Waals surface area contributed by atoms with Crippen LogP contribution < -0.4 is 10.6 Å². The monoisotopic (exact) mass is 420 g/mol. The van der Waals surface area contributed by atoms with Crippen LogP contribution in [0, 0.1) is 6.92 Å². The van der Waals surface area contributed by atoms with Crippen LogP contribution in [0.4, 0.5) is 24.5 Å². The van der Waals surface area contributed by atoms with Gasteiger partial charge in [0, 0.05) is 19.2 Å². The summed E-state index contributed by atoms with van der Waals surface area (Å²) in [7, 11) is 1.72. The van der Waals surface area contributed by atoms with Crippen molar-refractivity contribution in [3.8, 4) is 0 Å². The van der Waals surface area contributed by atoms with Gasteiger partial charge < -0.3 is 10.6 Å². The Balaban J connectivity index is 1.87. The molecule has 3 rings (SSSR count). The third-order valence-corrected chi connectivity index (χ3v) is 4.54. The van der Waals surface area contributed by atoms with E-state index < -0.39 is 23.6 Å². The molecule has 0 aliphatic carbocycles. The summed E-state index contributed by atoms with van der Waals surface area (Å²) < 4.78 is 41.7. The molecule has 158 valence electrons. The number of halogens is 3. The molecule has 0 saturated carbocycles. The highest BCUT2D eigenvalue weighted by molar-refractivity contribution is 6.11. The zero-order valence-electron chi connectivity index (χ0n) is 16.4. The minimum Gasteiger partial charge on any atom is -0.319 e. The number of anilines is 2. The zero-order chi connectivity index (χ0) is 22.1. The predicted molar refractivity (Wildman–Crippen MR) is 103 cm³/mol. The van der Waals surface area contributed by atoms with E-state index in [1.807, 2.05) is 0 Å². The van der Waals surface area contributed by atoms with Gasteiger partial charge in [-0.25, -0.2) is 0 Å². The molecule has 1 aromatic carbocycles. The molecule has 0 aliphatic heterocycles. The van der Waals surface area contributed by atoms with E-state index in [1.165, 1.54) is 23.1 Å². The Labute approximate surface area is 169 Å². The summed E-state index contributed by atoms with van der Waals surface area (Å²) >= 11 is 0. The summed E-state index contributed by atoms with van der Waals surface area (Å²) in [6.45, 7) is 3.88. The number of aryl methyl sites for hydroxylation is 2. The second kappa shape index (κ2) is 8.01. The fraction of sp³-hybridized carbons (Fsp3) is 0.263. The minimum atomic E-state index is -4.57. The third kappa shape index (κ3) is 4.19. The fourth-order valence-electron chi connectivity index (χ4n) is 2.79. The molecule has 0 atom stereocenters. The van der Waals surface area contributed by atoms with Crippen molar-refractivity contribution in [2.24, 2.45) is 7.05 Å². The van der Waals surface area contributed by atoms with Crippen molar-refractivity contribution in [2.45, 2.75) is 26.6 Å². The topological polar surface area (TPSA) is 93.8 Å². The molecule has 2 heterocycles. The summed E-state index contributed by atoms with van der Waals surface area (Å²) in [5.41, 5.74) is 0.231. The molecule has 0 aliphatic rings. The summed E-state index contributed by atoms with van der Waals surface area (Å²) in [4.78, 5) is 25.4. The van der Waals surface area contributed by atoms with E-state index in [1.54, 1.807) is 25.6 Å². The molecule has 0 radical (unpaired) electrons. The van der Waals surface area contributed by atoms with Crippen molar-refractivity contribution < 1.29 is 22.8 Å². The highest BCUT2D eigenvalue weighted by Gasteiger charge is 2.31. The van der Waals surface area contributed by atoms with E-state index in [-0.39, 0.29) is 16.9 Å². The molecule has 0 saturated heterocycles. The van der Waals surface area contributed by atoms with E-state index >= 15 is 0 Å². The van der Waals surface area contributed by atoms with Crippen LogP contribution in [-0.4, -0.2) is 31.4 Å². The summed E-state index contributed by atoms with van der Waals surface area (Å²) in [6, 6.07) is 4.03. The first-order valence-corrected chi connectivity index (χ1v) is 8.96. The van der Waals surface area contributed by atoms with Crippen LogP contribution >= 0.6 is 0 Å². The van der Waals surface area contributed by atoms with Crippen molar-refractivity contribution in [3.05, 3.63) is 59.2 Å². The maximum atomic E-state index is 12.9. The lowest BCUT2D eigenvalue weighted by Crippen LogP contribution is -2.21. The number of carbonyl (C=O) groups is 2. The first-order valence-electron chi connectivity index (χ1n) is 8.96. The standard InChI is InChI=1S/C19H19F3N6O2/c1-4-28-16(18(30)25-14-9-23-27(3)11(14)2)15(10-24-28)26-17(29)12-6-5-7-13(8-12)19(20,21)22/h5-10H,4H2,1-3H3,(H,25,30)(H,26,29). The smallest absolute Gasteiger partial charge is 0.319 e. The number of nitrogens with zero attached hydrogens (tertiary/aromatic N) is 4. The third-order valence-electron chi connectivity index (χ3n) is 4.54. The SMILES string of the molecule is CCn1ncc(NC(=O)c2cccc(C(F)(F)F)c2)c1C(=O)Nc1cnn(C)c1C. The molecular weight excluding hydrogens is 401 g/mol. The highest BCUT2D eigenvalue weighted by Crippen LogP contribution is 2.30. The van der Waals surface area contributed by atoms with E-state index in [0.717, 1.165) is 23.9 Å². The number of hydrogen-bond acceptors (Lipinski definition) is 4. The molecular formula is C19H19F3N6O2. The van der Waals surface area contributed by atoms with Gasteiger partial charge in [0.2, 0.25) is 0 Å². The molecule has 0 unspecified atom stereocenters. The Morgan fingerprint density at radius 2 is 1.73 bits per heavy atom. The average molecular weight is 420 g/mol. The molecule has 0 spiro atoms. The van der Waals surface area contributed by atoms with Crippen LogP contribution in [0.25, 0.3) is 0 Å². The first-order chi connectivity index (χ1) is 14.1. The lowest BCUT2D eigenvalue weighted by atomic mass is 10.1. The van der Waals surface area contributed by atoms with Crippen LogP contribution in [0.2, 0.25) is 0 Å². The first kappa shape index (κ1) is 21.1. The second-order valence-corrected chi connectivity index (χ2v) is 6.48. The maximum Gasteiger partial charge on any atom is 0.416 e. The number of aromatic nitrogens is 4. The molecule has 2 aromatic heterocycles. The maximum absolute atomic E-state index is 12.9. The van der Waals surface area contributed by atoms with E-state index in [4.69, 9.17) is 0 Å². The van der Waals surface area contributed by atoms with Crippen LogP contribution in [0.3, 0.4) is 0 Å². The Morgan fingerprint density at radius 3 is 2.33 bits per heavy atom. The van der Waals surface area contributed by atoms with E-state index in [0.29, 0.717) is 12.2 Å².